The number of thiophene rings is 1. The van der Waals surface area contributed by atoms with Gasteiger partial charge in [-0.15, -0.1) is 11.3 Å². The smallest absolute Gasteiger partial charge is 0.341 e. The van der Waals surface area contributed by atoms with Crippen molar-refractivity contribution in [2.24, 2.45) is 0 Å². The van der Waals surface area contributed by atoms with Crippen LogP contribution in [0.2, 0.25) is 0 Å². The van der Waals surface area contributed by atoms with Gasteiger partial charge in [0.2, 0.25) is 5.91 Å². The number of esters is 1. The SMILES string of the molecule is CCCOc1ccccc1/C=C/C(=O)Nc1scc(-c2ccc(C)cc2)c1C(=O)OCC. The second-order valence-electron chi connectivity index (χ2n) is 7.15. The third-order valence-electron chi connectivity index (χ3n) is 4.66. The highest BCUT2D eigenvalue weighted by Crippen LogP contribution is 2.36. The number of carbonyl (C=O) groups is 2. The zero-order valence-electron chi connectivity index (χ0n) is 18.5. The van der Waals surface area contributed by atoms with E-state index < -0.39 is 5.97 Å². The number of rotatable bonds is 9. The van der Waals surface area contributed by atoms with E-state index >= 15 is 0 Å². The van der Waals surface area contributed by atoms with Crippen molar-refractivity contribution in [1.29, 1.82) is 0 Å². The first kappa shape index (κ1) is 23.3. The molecule has 1 heterocycles. The van der Waals surface area contributed by atoms with Gasteiger partial charge in [-0.05, 0) is 38.0 Å². The van der Waals surface area contributed by atoms with Crippen molar-refractivity contribution in [1.82, 2.24) is 0 Å². The van der Waals surface area contributed by atoms with E-state index in [4.69, 9.17) is 9.47 Å². The van der Waals surface area contributed by atoms with Gasteiger partial charge in [0.05, 0.1) is 13.2 Å². The molecule has 1 aromatic heterocycles. The van der Waals surface area contributed by atoms with Gasteiger partial charge in [-0.3, -0.25) is 4.79 Å². The lowest BCUT2D eigenvalue weighted by atomic mass is 10.0. The lowest BCUT2D eigenvalue weighted by molar-refractivity contribution is -0.111. The fourth-order valence-electron chi connectivity index (χ4n) is 3.08. The summed E-state index contributed by atoms with van der Waals surface area (Å²) in [6.07, 6.45) is 4.05. The molecule has 32 heavy (non-hydrogen) atoms. The largest absolute Gasteiger partial charge is 0.493 e. The number of hydrogen-bond donors (Lipinski definition) is 1. The minimum Gasteiger partial charge on any atom is -0.493 e. The molecule has 3 rings (SSSR count). The lowest BCUT2D eigenvalue weighted by Crippen LogP contribution is -2.12. The highest BCUT2D eigenvalue weighted by molar-refractivity contribution is 7.15. The Kier molecular flexibility index (Phi) is 8.22. The minimum absolute atomic E-state index is 0.254. The fourth-order valence-corrected chi connectivity index (χ4v) is 4.04. The van der Waals surface area contributed by atoms with Crippen molar-refractivity contribution in [3.8, 4) is 16.9 Å². The molecule has 5 nitrogen and oxygen atoms in total. The van der Waals surface area contributed by atoms with Gasteiger partial charge in [-0.1, -0.05) is 55.0 Å². The van der Waals surface area contributed by atoms with Crippen LogP contribution in [0.5, 0.6) is 5.75 Å². The maximum absolute atomic E-state index is 12.7. The summed E-state index contributed by atoms with van der Waals surface area (Å²) < 4.78 is 11.0. The first-order valence-electron chi connectivity index (χ1n) is 10.6. The van der Waals surface area contributed by atoms with Crippen molar-refractivity contribution in [2.75, 3.05) is 18.5 Å². The van der Waals surface area contributed by atoms with Crippen LogP contribution in [0.1, 0.15) is 41.8 Å². The zero-order valence-corrected chi connectivity index (χ0v) is 19.3. The Morgan fingerprint density at radius 2 is 1.81 bits per heavy atom. The van der Waals surface area contributed by atoms with E-state index in [1.54, 1.807) is 13.0 Å². The quantitative estimate of drug-likeness (QED) is 0.306. The van der Waals surface area contributed by atoms with Gasteiger partial charge in [-0.25, -0.2) is 4.79 Å². The number of hydrogen-bond acceptors (Lipinski definition) is 5. The molecule has 0 atom stereocenters. The summed E-state index contributed by atoms with van der Waals surface area (Å²) in [5, 5.41) is 5.16. The first-order valence-corrected chi connectivity index (χ1v) is 11.5. The average Bonchev–Trinajstić information content (AvgIpc) is 3.21. The Bertz CT molecular complexity index is 1100. The van der Waals surface area contributed by atoms with Crippen LogP contribution in [-0.2, 0) is 9.53 Å². The van der Waals surface area contributed by atoms with E-state index in [1.165, 1.54) is 17.4 Å². The maximum Gasteiger partial charge on any atom is 0.341 e. The number of aryl methyl sites for hydroxylation is 1. The number of ether oxygens (including phenoxy) is 2. The summed E-state index contributed by atoms with van der Waals surface area (Å²) in [6.45, 7) is 6.67. The molecule has 6 heteroatoms. The molecule has 0 bridgehead atoms. The Balaban J connectivity index is 1.84. The maximum atomic E-state index is 12.7. The van der Waals surface area contributed by atoms with Crippen LogP contribution in [0, 0.1) is 6.92 Å². The third kappa shape index (κ3) is 5.86. The first-order chi connectivity index (χ1) is 15.5. The van der Waals surface area contributed by atoms with Crippen molar-refractivity contribution in [2.45, 2.75) is 27.2 Å². The van der Waals surface area contributed by atoms with Gasteiger partial charge in [-0.2, -0.15) is 0 Å². The molecule has 0 aliphatic heterocycles. The Hall–Kier alpha value is -3.38. The van der Waals surface area contributed by atoms with Crippen LogP contribution in [0.3, 0.4) is 0 Å². The van der Waals surface area contributed by atoms with E-state index in [1.807, 2.05) is 67.8 Å². The molecule has 0 saturated heterocycles. The molecule has 0 radical (unpaired) electrons. The topological polar surface area (TPSA) is 64.6 Å². The predicted octanol–water partition coefficient (Wildman–Crippen LogP) is 6.34. The predicted molar refractivity (Wildman–Crippen MR) is 130 cm³/mol. The number of anilines is 1. The summed E-state index contributed by atoms with van der Waals surface area (Å²) in [5.41, 5.74) is 3.95. The molecule has 1 amide bonds. The molecule has 0 spiro atoms. The summed E-state index contributed by atoms with van der Waals surface area (Å²) >= 11 is 1.30. The standard InChI is InChI=1S/C26H27NO4S/c1-4-16-31-22-9-7-6-8-20(22)14-15-23(28)27-25-24(26(29)30-5-2)21(17-32-25)19-12-10-18(3)11-13-19/h6-15,17H,4-5,16H2,1-3H3,(H,27,28)/b15-14+. The van der Waals surface area contributed by atoms with Gasteiger partial charge in [0, 0.05) is 22.6 Å². The molecular weight excluding hydrogens is 422 g/mol. The number of amides is 1. The van der Waals surface area contributed by atoms with Crippen LogP contribution < -0.4 is 10.1 Å². The van der Waals surface area contributed by atoms with Gasteiger partial charge in [0.25, 0.3) is 0 Å². The average molecular weight is 450 g/mol. The van der Waals surface area contributed by atoms with Crippen LogP contribution in [0.4, 0.5) is 5.00 Å². The van der Waals surface area contributed by atoms with Crippen molar-refractivity contribution >= 4 is 34.3 Å². The molecule has 166 valence electrons. The molecule has 2 aromatic carbocycles. The lowest BCUT2D eigenvalue weighted by Gasteiger charge is -2.09. The summed E-state index contributed by atoms with van der Waals surface area (Å²) in [6, 6.07) is 15.4. The monoisotopic (exact) mass is 449 g/mol. The van der Waals surface area contributed by atoms with Crippen LogP contribution in [0.15, 0.2) is 60.0 Å². The second-order valence-corrected chi connectivity index (χ2v) is 8.03. The Morgan fingerprint density at radius 1 is 1.06 bits per heavy atom. The van der Waals surface area contributed by atoms with E-state index in [0.717, 1.165) is 34.4 Å². The van der Waals surface area contributed by atoms with Crippen molar-refractivity contribution in [3.63, 3.8) is 0 Å². The van der Waals surface area contributed by atoms with Gasteiger partial charge >= 0.3 is 5.97 Å². The zero-order chi connectivity index (χ0) is 22.9. The van der Waals surface area contributed by atoms with Gasteiger partial charge in [0.1, 0.15) is 16.3 Å². The number of carbonyl (C=O) groups excluding carboxylic acids is 2. The van der Waals surface area contributed by atoms with Crippen LogP contribution in [0.25, 0.3) is 17.2 Å². The number of benzene rings is 2. The number of para-hydroxylation sites is 1. The molecule has 0 aliphatic rings. The van der Waals surface area contributed by atoms with E-state index in [2.05, 4.69) is 5.32 Å². The molecule has 1 N–H and O–H groups in total. The minimum atomic E-state index is -0.457. The molecule has 0 fully saturated rings. The van der Waals surface area contributed by atoms with E-state index in [0.29, 0.717) is 17.2 Å². The summed E-state index contributed by atoms with van der Waals surface area (Å²) in [7, 11) is 0. The highest BCUT2D eigenvalue weighted by Gasteiger charge is 2.22. The Morgan fingerprint density at radius 3 is 2.53 bits per heavy atom. The van der Waals surface area contributed by atoms with Gasteiger partial charge < -0.3 is 14.8 Å². The molecular formula is C26H27NO4S. The molecule has 3 aromatic rings. The Labute approximate surface area is 192 Å². The van der Waals surface area contributed by atoms with E-state index in [9.17, 15) is 9.59 Å². The summed E-state index contributed by atoms with van der Waals surface area (Å²) in [4.78, 5) is 25.3. The molecule has 0 aliphatic carbocycles. The van der Waals surface area contributed by atoms with Crippen molar-refractivity contribution < 1.29 is 19.1 Å². The van der Waals surface area contributed by atoms with Gasteiger partial charge in [0.15, 0.2) is 0 Å². The second kappa shape index (κ2) is 11.3. The molecule has 0 unspecified atom stereocenters. The third-order valence-corrected chi connectivity index (χ3v) is 5.56. The van der Waals surface area contributed by atoms with Crippen LogP contribution >= 0.6 is 11.3 Å². The normalized spacial score (nSPS) is 10.8. The van der Waals surface area contributed by atoms with Crippen LogP contribution in [-0.4, -0.2) is 25.1 Å². The van der Waals surface area contributed by atoms with Crippen molar-refractivity contribution in [3.05, 3.63) is 76.7 Å². The van der Waals surface area contributed by atoms with E-state index in [-0.39, 0.29) is 12.5 Å². The summed E-state index contributed by atoms with van der Waals surface area (Å²) in [5.74, 6) is -0.0662. The fraction of sp³-hybridized carbons (Fsp3) is 0.231. The number of nitrogens with one attached hydrogen (secondary N) is 1. The highest BCUT2D eigenvalue weighted by atomic mass is 32.1. The molecule has 0 saturated carbocycles.